The molecule has 0 aliphatic rings. The maximum atomic E-state index is 12.7. The number of nitrogens with one attached hydrogen (secondary N) is 1. The van der Waals surface area contributed by atoms with Crippen molar-refractivity contribution in [3.8, 4) is 18.1 Å². The number of ether oxygens (including phenoxy) is 1. The van der Waals surface area contributed by atoms with Crippen LogP contribution in [0.15, 0.2) is 24.3 Å². The number of halogens is 3. The first-order valence-corrected chi connectivity index (χ1v) is 5.40. The van der Waals surface area contributed by atoms with Gasteiger partial charge in [0.05, 0.1) is 12.1 Å². The van der Waals surface area contributed by atoms with Gasteiger partial charge in [-0.1, -0.05) is 18.1 Å². The third-order valence-electron chi connectivity index (χ3n) is 2.23. The Morgan fingerprint density at radius 2 is 2.11 bits per heavy atom. The number of alkyl halides is 3. The van der Waals surface area contributed by atoms with Gasteiger partial charge in [0.1, 0.15) is 5.75 Å². The Labute approximate surface area is 108 Å². The average Bonchev–Trinajstić information content (AvgIpc) is 2.35. The fraction of sp³-hybridized carbons (Fsp3) is 0.308. The van der Waals surface area contributed by atoms with Crippen molar-refractivity contribution in [1.29, 1.82) is 0 Å². The lowest BCUT2D eigenvalue weighted by Gasteiger charge is -2.17. The molecule has 1 N–H and O–H groups in total. The Morgan fingerprint density at radius 1 is 1.47 bits per heavy atom. The highest BCUT2D eigenvalue weighted by atomic mass is 19.4. The van der Waals surface area contributed by atoms with Crippen molar-refractivity contribution in [3.63, 3.8) is 0 Å². The molecule has 102 valence electrons. The Balaban J connectivity index is 2.83. The van der Waals surface area contributed by atoms with Crippen LogP contribution in [0, 0.1) is 12.3 Å². The summed E-state index contributed by atoms with van der Waals surface area (Å²) in [5.41, 5.74) is -0.924. The van der Waals surface area contributed by atoms with Gasteiger partial charge in [0.25, 0.3) is 5.91 Å². The van der Waals surface area contributed by atoms with Crippen molar-refractivity contribution in [3.05, 3.63) is 29.8 Å². The van der Waals surface area contributed by atoms with Gasteiger partial charge in [-0.15, -0.1) is 6.42 Å². The van der Waals surface area contributed by atoms with Gasteiger partial charge in [-0.3, -0.25) is 4.79 Å². The zero-order valence-corrected chi connectivity index (χ0v) is 10.1. The average molecular weight is 271 g/mol. The van der Waals surface area contributed by atoms with Crippen molar-refractivity contribution in [1.82, 2.24) is 5.32 Å². The van der Waals surface area contributed by atoms with Crippen molar-refractivity contribution in [2.24, 2.45) is 0 Å². The van der Waals surface area contributed by atoms with Gasteiger partial charge in [-0.25, -0.2) is 0 Å². The number of rotatable bonds is 4. The van der Waals surface area contributed by atoms with Gasteiger partial charge in [-0.05, 0) is 19.1 Å². The molecule has 1 aromatic carbocycles. The van der Waals surface area contributed by atoms with E-state index in [0.717, 1.165) is 12.1 Å². The SMILES string of the molecule is C#CCNC(=O)[C@@H](C)Oc1ccccc1C(F)(F)F. The van der Waals surface area contributed by atoms with Crippen LogP contribution < -0.4 is 10.1 Å². The van der Waals surface area contributed by atoms with Crippen LogP contribution in [0.25, 0.3) is 0 Å². The zero-order valence-electron chi connectivity index (χ0n) is 10.1. The first kappa shape index (κ1) is 14.9. The van der Waals surface area contributed by atoms with Crippen LogP contribution in [0.5, 0.6) is 5.75 Å². The van der Waals surface area contributed by atoms with E-state index in [1.54, 1.807) is 0 Å². The number of benzene rings is 1. The van der Waals surface area contributed by atoms with E-state index >= 15 is 0 Å². The van der Waals surface area contributed by atoms with E-state index in [-0.39, 0.29) is 6.54 Å². The minimum Gasteiger partial charge on any atom is -0.480 e. The van der Waals surface area contributed by atoms with E-state index in [4.69, 9.17) is 11.2 Å². The summed E-state index contributed by atoms with van der Waals surface area (Å²) in [4.78, 5) is 11.5. The predicted molar refractivity (Wildman–Crippen MR) is 63.4 cm³/mol. The number of hydrogen-bond donors (Lipinski definition) is 1. The number of para-hydroxylation sites is 1. The predicted octanol–water partition coefficient (Wildman–Crippen LogP) is 2.22. The molecule has 0 saturated carbocycles. The van der Waals surface area contributed by atoms with Gasteiger partial charge in [-0.2, -0.15) is 13.2 Å². The molecule has 0 fully saturated rings. The maximum absolute atomic E-state index is 12.7. The summed E-state index contributed by atoms with van der Waals surface area (Å²) in [6.45, 7) is 1.34. The van der Waals surface area contributed by atoms with Crippen LogP contribution in [-0.4, -0.2) is 18.6 Å². The fourth-order valence-corrected chi connectivity index (χ4v) is 1.33. The summed E-state index contributed by atoms with van der Waals surface area (Å²) in [5.74, 6) is 1.22. The van der Waals surface area contributed by atoms with Crippen LogP contribution in [-0.2, 0) is 11.0 Å². The van der Waals surface area contributed by atoms with E-state index in [1.807, 2.05) is 0 Å². The third-order valence-corrected chi connectivity index (χ3v) is 2.23. The third kappa shape index (κ3) is 4.21. The molecule has 3 nitrogen and oxygen atoms in total. The monoisotopic (exact) mass is 271 g/mol. The molecule has 0 saturated heterocycles. The second-order valence-corrected chi connectivity index (χ2v) is 3.68. The Hall–Kier alpha value is -2.16. The van der Waals surface area contributed by atoms with Crippen LogP contribution in [0.3, 0.4) is 0 Å². The Morgan fingerprint density at radius 3 is 2.68 bits per heavy atom. The first-order valence-electron chi connectivity index (χ1n) is 5.40. The summed E-state index contributed by atoms with van der Waals surface area (Å²) in [5, 5.41) is 2.33. The fourth-order valence-electron chi connectivity index (χ4n) is 1.33. The van der Waals surface area contributed by atoms with Gasteiger partial charge in [0, 0.05) is 0 Å². The quantitative estimate of drug-likeness (QED) is 0.853. The van der Waals surface area contributed by atoms with E-state index in [2.05, 4.69) is 11.2 Å². The zero-order chi connectivity index (χ0) is 14.5. The lowest BCUT2D eigenvalue weighted by atomic mass is 10.2. The molecule has 0 aromatic heterocycles. The minimum atomic E-state index is -4.54. The van der Waals surface area contributed by atoms with Crippen molar-refractivity contribution < 1.29 is 22.7 Å². The topological polar surface area (TPSA) is 38.3 Å². The van der Waals surface area contributed by atoms with Crippen LogP contribution >= 0.6 is 0 Å². The van der Waals surface area contributed by atoms with Crippen LogP contribution in [0.4, 0.5) is 13.2 Å². The molecule has 0 bridgehead atoms. The van der Waals surface area contributed by atoms with Gasteiger partial charge < -0.3 is 10.1 Å². The van der Waals surface area contributed by atoms with Crippen molar-refractivity contribution in [2.75, 3.05) is 6.54 Å². The molecule has 0 heterocycles. The molecule has 1 rings (SSSR count). The summed E-state index contributed by atoms with van der Waals surface area (Å²) in [6.07, 6.45) is -0.652. The smallest absolute Gasteiger partial charge is 0.419 e. The molecule has 0 aliphatic heterocycles. The van der Waals surface area contributed by atoms with E-state index in [0.29, 0.717) is 0 Å². The van der Waals surface area contributed by atoms with Gasteiger partial charge in [0.2, 0.25) is 0 Å². The van der Waals surface area contributed by atoms with Crippen molar-refractivity contribution in [2.45, 2.75) is 19.2 Å². The second-order valence-electron chi connectivity index (χ2n) is 3.68. The number of hydrogen-bond acceptors (Lipinski definition) is 2. The standard InChI is InChI=1S/C13H12F3NO2/c1-3-8-17-12(18)9(2)19-11-7-5-4-6-10(11)13(14,15)16/h1,4-7,9H,8H2,2H3,(H,17,18)/t9-/m1/s1. The highest BCUT2D eigenvalue weighted by Gasteiger charge is 2.34. The Kier molecular flexibility index (Phi) is 4.81. The molecular weight excluding hydrogens is 259 g/mol. The van der Waals surface area contributed by atoms with E-state index in [1.165, 1.54) is 19.1 Å². The summed E-state index contributed by atoms with van der Waals surface area (Å²) in [6, 6.07) is 4.70. The second kappa shape index (κ2) is 6.14. The number of terminal acetylenes is 1. The van der Waals surface area contributed by atoms with E-state index in [9.17, 15) is 18.0 Å². The molecule has 1 amide bonds. The lowest BCUT2D eigenvalue weighted by Crippen LogP contribution is -2.36. The molecule has 0 spiro atoms. The summed E-state index contributed by atoms with van der Waals surface area (Å²) >= 11 is 0. The van der Waals surface area contributed by atoms with Crippen LogP contribution in [0.1, 0.15) is 12.5 Å². The normalized spacial score (nSPS) is 12.4. The first-order chi connectivity index (χ1) is 8.86. The largest absolute Gasteiger partial charge is 0.480 e. The number of amides is 1. The summed E-state index contributed by atoms with van der Waals surface area (Å²) in [7, 11) is 0. The minimum absolute atomic E-state index is 0.00650. The summed E-state index contributed by atoms with van der Waals surface area (Å²) < 4.78 is 43.1. The highest BCUT2D eigenvalue weighted by Crippen LogP contribution is 2.36. The molecule has 1 aromatic rings. The molecule has 0 aliphatic carbocycles. The number of carbonyl (C=O) groups is 1. The van der Waals surface area contributed by atoms with Gasteiger partial charge >= 0.3 is 6.18 Å². The van der Waals surface area contributed by atoms with Crippen LogP contribution in [0.2, 0.25) is 0 Å². The molecular formula is C13H12F3NO2. The molecule has 0 radical (unpaired) electrons. The molecule has 0 unspecified atom stereocenters. The lowest BCUT2D eigenvalue weighted by molar-refractivity contribution is -0.140. The molecule has 19 heavy (non-hydrogen) atoms. The highest BCUT2D eigenvalue weighted by molar-refractivity contribution is 5.80. The Bertz CT molecular complexity index is 491. The van der Waals surface area contributed by atoms with Gasteiger partial charge in [0.15, 0.2) is 6.10 Å². The maximum Gasteiger partial charge on any atom is 0.419 e. The number of carbonyl (C=O) groups excluding carboxylic acids is 1. The molecule has 6 heteroatoms. The van der Waals surface area contributed by atoms with Crippen molar-refractivity contribution >= 4 is 5.91 Å². The molecule has 1 atom stereocenters. The van der Waals surface area contributed by atoms with E-state index < -0.39 is 29.5 Å².